The monoisotopic (exact) mass is 264 g/mol. The number of benzene rings is 1. The van der Waals surface area contributed by atoms with Crippen molar-refractivity contribution < 1.29 is 4.39 Å². The Bertz CT molecular complexity index is 377. The van der Waals surface area contributed by atoms with Crippen LogP contribution in [0, 0.1) is 11.7 Å². The van der Waals surface area contributed by atoms with E-state index >= 15 is 0 Å². The molecule has 2 atom stereocenters. The van der Waals surface area contributed by atoms with Crippen molar-refractivity contribution in [3.05, 3.63) is 35.6 Å². The number of halogens is 1. The van der Waals surface area contributed by atoms with E-state index in [0.717, 1.165) is 25.1 Å². The molecular weight excluding hydrogens is 239 g/mol. The fourth-order valence-electron chi connectivity index (χ4n) is 3.01. The van der Waals surface area contributed by atoms with Crippen LogP contribution >= 0.6 is 0 Å². The SMILES string of the molecule is CN(Cc1ccc(F)cc1)CC1CCCCCC1N. The van der Waals surface area contributed by atoms with E-state index in [-0.39, 0.29) is 5.82 Å². The smallest absolute Gasteiger partial charge is 0.123 e. The van der Waals surface area contributed by atoms with Crippen LogP contribution in [0.25, 0.3) is 0 Å². The summed E-state index contributed by atoms with van der Waals surface area (Å²) in [6.45, 7) is 1.90. The molecule has 3 heteroatoms. The minimum atomic E-state index is -0.169. The van der Waals surface area contributed by atoms with Crippen LogP contribution in [0.5, 0.6) is 0 Å². The van der Waals surface area contributed by atoms with Crippen LogP contribution in [0.1, 0.15) is 37.7 Å². The molecule has 0 saturated heterocycles. The molecule has 0 spiro atoms. The van der Waals surface area contributed by atoms with E-state index in [4.69, 9.17) is 5.73 Å². The second kappa shape index (κ2) is 7.01. The van der Waals surface area contributed by atoms with Gasteiger partial charge in [0, 0.05) is 19.1 Å². The molecule has 1 aliphatic rings. The second-order valence-corrected chi connectivity index (χ2v) is 5.89. The summed E-state index contributed by atoms with van der Waals surface area (Å²) >= 11 is 0. The van der Waals surface area contributed by atoms with Gasteiger partial charge in [0.25, 0.3) is 0 Å². The molecule has 1 aromatic carbocycles. The summed E-state index contributed by atoms with van der Waals surface area (Å²) in [5.74, 6) is 0.435. The van der Waals surface area contributed by atoms with Gasteiger partial charge < -0.3 is 10.6 Å². The van der Waals surface area contributed by atoms with Gasteiger partial charge in [-0.25, -0.2) is 4.39 Å². The second-order valence-electron chi connectivity index (χ2n) is 5.89. The third-order valence-corrected chi connectivity index (χ3v) is 4.13. The molecule has 1 fully saturated rings. The van der Waals surface area contributed by atoms with Crippen molar-refractivity contribution >= 4 is 0 Å². The van der Waals surface area contributed by atoms with Gasteiger partial charge in [0.15, 0.2) is 0 Å². The topological polar surface area (TPSA) is 29.3 Å². The Labute approximate surface area is 115 Å². The minimum Gasteiger partial charge on any atom is -0.327 e. The summed E-state index contributed by atoms with van der Waals surface area (Å²) in [6, 6.07) is 7.12. The Morgan fingerprint density at radius 1 is 1.16 bits per heavy atom. The van der Waals surface area contributed by atoms with Gasteiger partial charge in [-0.1, -0.05) is 31.4 Å². The fraction of sp³-hybridized carbons (Fsp3) is 0.625. The van der Waals surface area contributed by atoms with E-state index in [2.05, 4.69) is 11.9 Å². The van der Waals surface area contributed by atoms with Crippen molar-refractivity contribution in [3.8, 4) is 0 Å². The lowest BCUT2D eigenvalue weighted by atomic mass is 9.95. The number of nitrogens with zero attached hydrogens (tertiary/aromatic N) is 1. The predicted molar refractivity (Wildman–Crippen MR) is 77.3 cm³/mol. The highest BCUT2D eigenvalue weighted by Gasteiger charge is 2.21. The van der Waals surface area contributed by atoms with Crippen molar-refractivity contribution in [2.45, 2.75) is 44.7 Å². The highest BCUT2D eigenvalue weighted by molar-refractivity contribution is 5.15. The summed E-state index contributed by atoms with van der Waals surface area (Å²) in [5.41, 5.74) is 7.42. The van der Waals surface area contributed by atoms with E-state index < -0.39 is 0 Å². The Hall–Kier alpha value is -0.930. The van der Waals surface area contributed by atoms with Crippen molar-refractivity contribution in [3.63, 3.8) is 0 Å². The summed E-state index contributed by atoms with van der Waals surface area (Å²) < 4.78 is 12.9. The first-order valence-corrected chi connectivity index (χ1v) is 7.33. The molecule has 0 aromatic heterocycles. The maximum Gasteiger partial charge on any atom is 0.123 e. The molecule has 0 aliphatic heterocycles. The Morgan fingerprint density at radius 2 is 1.84 bits per heavy atom. The molecular formula is C16H25FN2. The molecule has 1 aliphatic carbocycles. The lowest BCUT2D eigenvalue weighted by molar-refractivity contribution is 0.237. The number of hydrogen-bond donors (Lipinski definition) is 1. The normalized spacial score (nSPS) is 24.4. The van der Waals surface area contributed by atoms with Crippen LogP contribution in [0.4, 0.5) is 4.39 Å². The van der Waals surface area contributed by atoms with E-state index in [1.807, 2.05) is 12.1 Å². The van der Waals surface area contributed by atoms with Crippen molar-refractivity contribution in [1.82, 2.24) is 4.90 Å². The zero-order chi connectivity index (χ0) is 13.7. The van der Waals surface area contributed by atoms with Gasteiger partial charge in [-0.2, -0.15) is 0 Å². The Morgan fingerprint density at radius 3 is 2.58 bits per heavy atom. The molecule has 0 bridgehead atoms. The van der Waals surface area contributed by atoms with Crippen LogP contribution in [-0.2, 0) is 6.54 Å². The van der Waals surface area contributed by atoms with Gasteiger partial charge >= 0.3 is 0 Å². The van der Waals surface area contributed by atoms with E-state index in [9.17, 15) is 4.39 Å². The van der Waals surface area contributed by atoms with Crippen molar-refractivity contribution in [2.24, 2.45) is 11.7 Å². The van der Waals surface area contributed by atoms with Crippen LogP contribution in [0.2, 0.25) is 0 Å². The van der Waals surface area contributed by atoms with Crippen molar-refractivity contribution in [2.75, 3.05) is 13.6 Å². The highest BCUT2D eigenvalue weighted by Crippen LogP contribution is 2.23. The van der Waals surface area contributed by atoms with Crippen molar-refractivity contribution in [1.29, 1.82) is 0 Å². The van der Waals surface area contributed by atoms with Crippen LogP contribution in [-0.4, -0.2) is 24.5 Å². The maximum absolute atomic E-state index is 12.9. The first kappa shape index (κ1) is 14.5. The van der Waals surface area contributed by atoms with E-state index in [1.165, 1.54) is 37.8 Å². The third kappa shape index (κ3) is 4.59. The van der Waals surface area contributed by atoms with Gasteiger partial charge in [0.2, 0.25) is 0 Å². The standard InChI is InChI=1S/C16H25FN2/c1-19(11-13-7-9-15(17)10-8-13)12-14-5-3-2-4-6-16(14)18/h7-10,14,16H,2-6,11-12,18H2,1H3. The first-order valence-electron chi connectivity index (χ1n) is 7.33. The Kier molecular flexibility index (Phi) is 5.34. The molecule has 19 heavy (non-hydrogen) atoms. The third-order valence-electron chi connectivity index (χ3n) is 4.13. The largest absolute Gasteiger partial charge is 0.327 e. The lowest BCUT2D eigenvalue weighted by Crippen LogP contribution is -2.37. The van der Waals surface area contributed by atoms with Gasteiger partial charge in [-0.15, -0.1) is 0 Å². The highest BCUT2D eigenvalue weighted by atomic mass is 19.1. The molecule has 106 valence electrons. The number of hydrogen-bond acceptors (Lipinski definition) is 2. The zero-order valence-electron chi connectivity index (χ0n) is 11.8. The van der Waals surface area contributed by atoms with Gasteiger partial charge in [-0.3, -0.25) is 0 Å². The van der Waals surface area contributed by atoms with E-state index in [0.29, 0.717) is 12.0 Å². The van der Waals surface area contributed by atoms with E-state index in [1.54, 1.807) is 0 Å². The Balaban J connectivity index is 1.85. The van der Waals surface area contributed by atoms with Gasteiger partial charge in [-0.05, 0) is 43.5 Å². The maximum atomic E-state index is 12.9. The molecule has 1 saturated carbocycles. The molecule has 2 unspecified atom stereocenters. The molecule has 2 rings (SSSR count). The molecule has 1 aromatic rings. The minimum absolute atomic E-state index is 0.169. The first-order chi connectivity index (χ1) is 9.15. The summed E-state index contributed by atoms with van der Waals surface area (Å²) in [5, 5.41) is 0. The lowest BCUT2D eigenvalue weighted by Gasteiger charge is -2.27. The quantitative estimate of drug-likeness (QED) is 0.846. The summed E-state index contributed by atoms with van der Waals surface area (Å²) in [7, 11) is 2.13. The van der Waals surface area contributed by atoms with Gasteiger partial charge in [0.05, 0.1) is 0 Å². The summed E-state index contributed by atoms with van der Waals surface area (Å²) in [4.78, 5) is 2.31. The average molecular weight is 264 g/mol. The number of rotatable bonds is 4. The predicted octanol–water partition coefficient (Wildman–Crippen LogP) is 3.17. The summed E-state index contributed by atoms with van der Waals surface area (Å²) in [6.07, 6.45) is 6.32. The molecule has 2 nitrogen and oxygen atoms in total. The molecule has 0 radical (unpaired) electrons. The molecule has 0 heterocycles. The zero-order valence-corrected chi connectivity index (χ0v) is 11.8. The van der Waals surface area contributed by atoms with Crippen LogP contribution in [0.15, 0.2) is 24.3 Å². The van der Waals surface area contributed by atoms with Crippen LogP contribution < -0.4 is 5.73 Å². The number of nitrogens with two attached hydrogens (primary N) is 1. The van der Waals surface area contributed by atoms with Crippen LogP contribution in [0.3, 0.4) is 0 Å². The molecule has 0 amide bonds. The van der Waals surface area contributed by atoms with Gasteiger partial charge in [0.1, 0.15) is 5.82 Å². The fourth-order valence-corrected chi connectivity index (χ4v) is 3.01. The average Bonchev–Trinajstić information content (AvgIpc) is 2.58. The molecule has 2 N–H and O–H groups in total.